The number of hydrogen-bond acceptors (Lipinski definition) is 4. The Hall–Kier alpha value is -0.130. The molecule has 7 heavy (non-hydrogen) atoms. The van der Waals surface area contributed by atoms with Gasteiger partial charge in [-0.1, -0.05) is 0 Å². The molecule has 1 aliphatic rings. The maximum absolute atomic E-state index is 10.1. The largest absolute Gasteiger partial charge is 0.295 e. The first-order chi connectivity index (χ1) is 3.21. The average Bonchev–Trinajstić information content (AvgIpc) is 1.84. The second kappa shape index (κ2) is 1.43. The maximum Gasteiger partial charge on any atom is 0.295 e. The van der Waals surface area contributed by atoms with Crippen LogP contribution in [0.2, 0.25) is 0 Å². The molecule has 0 aromatic rings. The van der Waals surface area contributed by atoms with Crippen LogP contribution in [-0.4, -0.2) is 20.8 Å². The minimum atomic E-state index is -3.27. The highest BCUT2D eigenvalue weighted by molar-refractivity contribution is 7.86. The van der Waals surface area contributed by atoms with Crippen LogP contribution < -0.4 is 0 Å². The molecule has 1 rings (SSSR count). The van der Waals surface area contributed by atoms with Crippen molar-refractivity contribution >= 4 is 10.1 Å². The molecule has 1 aliphatic heterocycles. The van der Waals surface area contributed by atoms with Gasteiger partial charge in [-0.25, -0.2) is 4.89 Å². The quantitative estimate of drug-likeness (QED) is 0.400. The van der Waals surface area contributed by atoms with Crippen LogP contribution in [0.25, 0.3) is 0 Å². The first-order valence-corrected chi connectivity index (χ1v) is 3.32. The Balaban J connectivity index is 2.76. The van der Waals surface area contributed by atoms with Gasteiger partial charge >= 0.3 is 0 Å². The number of hydrogen-bond donors (Lipinski definition) is 0. The molecule has 5 heteroatoms. The Morgan fingerprint density at radius 3 is 2.29 bits per heavy atom. The Morgan fingerprint density at radius 1 is 1.43 bits per heavy atom. The molecule has 4 nitrogen and oxygen atoms in total. The molecule has 0 atom stereocenters. The van der Waals surface area contributed by atoms with Crippen LogP contribution in [-0.2, 0) is 19.3 Å². The van der Waals surface area contributed by atoms with Crippen LogP contribution in [0, 0.1) is 0 Å². The summed E-state index contributed by atoms with van der Waals surface area (Å²) in [5.74, 6) is -0.0208. The van der Waals surface area contributed by atoms with Gasteiger partial charge in [0, 0.05) is 0 Å². The van der Waals surface area contributed by atoms with E-state index in [0.717, 1.165) is 0 Å². The fourth-order valence-corrected chi connectivity index (χ4v) is 0.832. The highest BCUT2D eigenvalue weighted by Gasteiger charge is 2.19. The van der Waals surface area contributed by atoms with Crippen molar-refractivity contribution in [3.63, 3.8) is 0 Å². The summed E-state index contributed by atoms with van der Waals surface area (Å²) in [6.45, 7) is 0.155. The minimum absolute atomic E-state index is 0.0208. The smallest absolute Gasteiger partial charge is 0.219 e. The summed E-state index contributed by atoms with van der Waals surface area (Å²) in [5, 5.41) is 0. The summed E-state index contributed by atoms with van der Waals surface area (Å²) in [6, 6.07) is 0. The Kier molecular flexibility index (Phi) is 1.02. The van der Waals surface area contributed by atoms with Crippen molar-refractivity contribution < 1.29 is 17.6 Å². The molecule has 0 unspecified atom stereocenters. The third-order valence-electron chi connectivity index (χ3n) is 0.568. The van der Waals surface area contributed by atoms with Gasteiger partial charge < -0.3 is 0 Å². The van der Waals surface area contributed by atoms with E-state index in [1.165, 1.54) is 0 Å². The van der Waals surface area contributed by atoms with Crippen LogP contribution in [0.3, 0.4) is 0 Å². The van der Waals surface area contributed by atoms with E-state index in [1.54, 1.807) is 0 Å². The molecule has 0 aromatic carbocycles. The van der Waals surface area contributed by atoms with E-state index >= 15 is 0 Å². The summed E-state index contributed by atoms with van der Waals surface area (Å²) in [4.78, 5) is 4.07. The van der Waals surface area contributed by atoms with Crippen molar-refractivity contribution in [2.75, 3.05) is 12.4 Å². The highest BCUT2D eigenvalue weighted by atomic mass is 32.2. The molecule has 0 bridgehead atoms. The summed E-state index contributed by atoms with van der Waals surface area (Å²) >= 11 is 0. The van der Waals surface area contributed by atoms with Crippen molar-refractivity contribution in [1.29, 1.82) is 0 Å². The molecule has 1 heterocycles. The zero-order valence-electron chi connectivity index (χ0n) is 3.46. The Bertz CT molecular complexity index is 133. The molecular weight excluding hydrogens is 120 g/mol. The second-order valence-electron chi connectivity index (χ2n) is 1.15. The van der Waals surface area contributed by atoms with Gasteiger partial charge in [0.25, 0.3) is 10.1 Å². The normalized spacial score (nSPS) is 28.0. The third-order valence-corrected chi connectivity index (χ3v) is 1.54. The number of rotatable bonds is 0. The Labute approximate surface area is 41.1 Å². The molecule has 0 amide bonds. The van der Waals surface area contributed by atoms with E-state index in [4.69, 9.17) is 0 Å². The zero-order valence-corrected chi connectivity index (χ0v) is 4.27. The monoisotopic (exact) mass is 124 g/mol. The predicted molar refractivity (Wildman–Crippen MR) is 20.8 cm³/mol. The van der Waals surface area contributed by atoms with Crippen molar-refractivity contribution in [3.8, 4) is 0 Å². The van der Waals surface area contributed by atoms with E-state index in [2.05, 4.69) is 9.22 Å². The summed E-state index contributed by atoms with van der Waals surface area (Å²) in [5.41, 5.74) is 0. The van der Waals surface area contributed by atoms with Crippen LogP contribution in [0.4, 0.5) is 0 Å². The molecule has 42 valence electrons. The first kappa shape index (κ1) is 5.02. The van der Waals surface area contributed by atoms with Crippen molar-refractivity contribution in [2.24, 2.45) is 0 Å². The van der Waals surface area contributed by atoms with E-state index < -0.39 is 10.1 Å². The molecule has 0 spiro atoms. The molecule has 1 saturated heterocycles. The van der Waals surface area contributed by atoms with Gasteiger partial charge in [0.05, 0.1) is 0 Å². The van der Waals surface area contributed by atoms with Gasteiger partial charge in [0.2, 0.25) is 0 Å². The molecule has 0 saturated carbocycles. The topological polar surface area (TPSA) is 52.6 Å². The molecule has 0 N–H and O–H groups in total. The molecule has 0 aliphatic carbocycles. The lowest BCUT2D eigenvalue weighted by Gasteiger charge is -1.80. The fourth-order valence-electron chi connectivity index (χ4n) is 0.277. The first-order valence-electron chi connectivity index (χ1n) is 1.74. The second-order valence-corrected chi connectivity index (χ2v) is 2.81. The molecule has 1 fully saturated rings. The highest BCUT2D eigenvalue weighted by Crippen LogP contribution is 2.01. The average molecular weight is 124 g/mol. The van der Waals surface area contributed by atoms with Crippen LogP contribution >= 0.6 is 0 Å². The van der Waals surface area contributed by atoms with Gasteiger partial charge in [-0.2, -0.15) is 8.42 Å². The van der Waals surface area contributed by atoms with Crippen LogP contribution in [0.15, 0.2) is 0 Å². The van der Waals surface area contributed by atoms with Gasteiger partial charge in [-0.15, -0.1) is 4.33 Å². The van der Waals surface area contributed by atoms with E-state index in [0.29, 0.717) is 0 Å². The van der Waals surface area contributed by atoms with Gasteiger partial charge in [0.1, 0.15) is 12.4 Å². The maximum atomic E-state index is 10.1. The molecular formula is C2H4O4S. The lowest BCUT2D eigenvalue weighted by atomic mass is 10.9. The van der Waals surface area contributed by atoms with E-state index in [9.17, 15) is 8.42 Å². The van der Waals surface area contributed by atoms with Crippen LogP contribution in [0.1, 0.15) is 0 Å². The van der Waals surface area contributed by atoms with Crippen molar-refractivity contribution in [1.82, 2.24) is 0 Å². The summed E-state index contributed by atoms with van der Waals surface area (Å²) in [7, 11) is -3.27. The van der Waals surface area contributed by atoms with Crippen molar-refractivity contribution in [2.45, 2.75) is 0 Å². The standard InChI is InChI=1S/C2H4O4S/c3-7(4)2-1-5-6-7/h1-2H2. The molecule has 0 radical (unpaired) electrons. The fraction of sp³-hybridized carbons (Fsp3) is 1.00. The van der Waals surface area contributed by atoms with Gasteiger partial charge in [-0.3, -0.25) is 0 Å². The van der Waals surface area contributed by atoms with Crippen LogP contribution in [0.5, 0.6) is 0 Å². The van der Waals surface area contributed by atoms with Gasteiger partial charge in [0.15, 0.2) is 0 Å². The predicted octanol–water partition coefficient (Wildman–Crippen LogP) is -0.722. The summed E-state index contributed by atoms with van der Waals surface area (Å²) < 4.78 is 24.0. The summed E-state index contributed by atoms with van der Waals surface area (Å²) in [6.07, 6.45) is 0. The van der Waals surface area contributed by atoms with E-state index in [-0.39, 0.29) is 12.4 Å². The van der Waals surface area contributed by atoms with Gasteiger partial charge in [-0.05, 0) is 0 Å². The molecule has 0 aromatic heterocycles. The van der Waals surface area contributed by atoms with E-state index in [1.807, 2.05) is 0 Å². The third kappa shape index (κ3) is 1.12. The Morgan fingerprint density at radius 2 is 2.14 bits per heavy atom. The van der Waals surface area contributed by atoms with Crippen molar-refractivity contribution in [3.05, 3.63) is 0 Å². The lowest BCUT2D eigenvalue weighted by Crippen LogP contribution is -1.97. The SMILES string of the molecule is O=S1(=O)CCOO1. The minimum Gasteiger partial charge on any atom is -0.219 e. The zero-order chi connectivity index (χ0) is 5.33. The lowest BCUT2D eigenvalue weighted by molar-refractivity contribution is -0.176.